The van der Waals surface area contributed by atoms with Crippen LogP contribution < -0.4 is 5.32 Å². The van der Waals surface area contributed by atoms with E-state index in [1.165, 1.54) is 28.6 Å². The molecule has 4 aromatic rings. The van der Waals surface area contributed by atoms with Crippen molar-refractivity contribution in [1.29, 1.82) is 0 Å². The third kappa shape index (κ3) is 5.29. The van der Waals surface area contributed by atoms with Crippen LogP contribution in [0.2, 0.25) is 0 Å². The second-order valence-corrected chi connectivity index (χ2v) is 12.9. The summed E-state index contributed by atoms with van der Waals surface area (Å²) in [5, 5.41) is 2.90. The zero-order valence-electron chi connectivity index (χ0n) is 20.0. The third-order valence-corrected chi connectivity index (χ3v) is 9.39. The number of rotatable bonds is 6. The Balaban J connectivity index is 1.21. The number of nitrogens with one attached hydrogen (secondary N) is 1. The number of benzene rings is 3. The van der Waals surface area contributed by atoms with Gasteiger partial charge in [-0.2, -0.15) is 4.31 Å². The number of piperidine rings is 1. The summed E-state index contributed by atoms with van der Waals surface area (Å²) in [7, 11) is -7.41. The van der Waals surface area contributed by atoms with E-state index in [1.807, 2.05) is 36.4 Å². The first-order chi connectivity index (χ1) is 17.6. The van der Waals surface area contributed by atoms with E-state index in [0.29, 0.717) is 30.0 Å². The van der Waals surface area contributed by atoms with Gasteiger partial charge in [-0.25, -0.2) is 21.8 Å². The van der Waals surface area contributed by atoms with Crippen LogP contribution in [-0.2, 0) is 24.7 Å². The summed E-state index contributed by atoms with van der Waals surface area (Å²) in [6.07, 6.45) is 1.75. The number of para-hydroxylation sites is 2. The fourth-order valence-corrected chi connectivity index (χ4v) is 6.57. The average molecular weight is 540 g/mol. The Labute approximate surface area is 215 Å². The zero-order valence-corrected chi connectivity index (χ0v) is 21.6. The number of carbonyl (C=O) groups is 1. The molecule has 0 atom stereocenters. The molecule has 0 bridgehead atoms. The molecular weight excluding hydrogens is 514 g/mol. The Kier molecular flexibility index (Phi) is 6.61. The molecular formula is C26H25N3O6S2. The van der Waals surface area contributed by atoms with Crippen molar-refractivity contribution in [3.8, 4) is 11.5 Å². The number of nitrogens with zero attached hydrogens (tertiary/aromatic N) is 2. The van der Waals surface area contributed by atoms with Gasteiger partial charge in [-0.05, 0) is 67.4 Å². The number of aromatic nitrogens is 1. The van der Waals surface area contributed by atoms with Crippen molar-refractivity contribution < 1.29 is 26.0 Å². The van der Waals surface area contributed by atoms with Gasteiger partial charge in [-0.1, -0.05) is 18.2 Å². The average Bonchev–Trinajstić information content (AvgIpc) is 3.33. The van der Waals surface area contributed by atoms with Crippen molar-refractivity contribution in [2.75, 3.05) is 24.7 Å². The van der Waals surface area contributed by atoms with Gasteiger partial charge in [-0.15, -0.1) is 0 Å². The molecule has 0 aliphatic carbocycles. The molecule has 0 unspecified atom stereocenters. The lowest BCUT2D eigenvalue weighted by Gasteiger charge is -2.30. The van der Waals surface area contributed by atoms with Gasteiger partial charge in [0.2, 0.25) is 21.8 Å². The van der Waals surface area contributed by atoms with E-state index >= 15 is 0 Å². The van der Waals surface area contributed by atoms with Crippen LogP contribution in [0.15, 0.2) is 87.0 Å². The van der Waals surface area contributed by atoms with Crippen molar-refractivity contribution in [2.24, 2.45) is 5.92 Å². The molecule has 37 heavy (non-hydrogen) atoms. The minimum atomic E-state index is -3.87. The highest BCUT2D eigenvalue weighted by molar-refractivity contribution is 7.91. The lowest BCUT2D eigenvalue weighted by Crippen LogP contribution is -2.41. The largest absolute Gasteiger partial charge is 0.436 e. The zero-order chi connectivity index (χ0) is 26.2. The molecule has 192 valence electrons. The Morgan fingerprint density at radius 1 is 0.919 bits per heavy atom. The molecule has 1 aliphatic rings. The number of anilines is 1. The summed E-state index contributed by atoms with van der Waals surface area (Å²) in [5.74, 6) is -0.0222. The maximum Gasteiger partial charge on any atom is 0.243 e. The van der Waals surface area contributed by atoms with Gasteiger partial charge < -0.3 is 9.73 Å². The minimum Gasteiger partial charge on any atom is -0.436 e. The van der Waals surface area contributed by atoms with Crippen LogP contribution in [-0.4, -0.2) is 51.4 Å². The molecule has 1 N–H and O–H groups in total. The van der Waals surface area contributed by atoms with Crippen molar-refractivity contribution in [3.63, 3.8) is 0 Å². The smallest absolute Gasteiger partial charge is 0.243 e. The highest BCUT2D eigenvalue weighted by Crippen LogP contribution is 2.28. The molecule has 3 aromatic carbocycles. The number of hydrogen-bond acceptors (Lipinski definition) is 7. The second kappa shape index (κ2) is 9.73. The van der Waals surface area contributed by atoms with E-state index in [9.17, 15) is 21.6 Å². The van der Waals surface area contributed by atoms with E-state index in [0.717, 1.165) is 17.3 Å². The second-order valence-electron chi connectivity index (χ2n) is 8.98. The van der Waals surface area contributed by atoms with Gasteiger partial charge in [0.15, 0.2) is 15.4 Å². The number of sulfonamides is 1. The van der Waals surface area contributed by atoms with E-state index in [4.69, 9.17) is 4.42 Å². The quantitative estimate of drug-likeness (QED) is 0.393. The first-order valence-electron chi connectivity index (χ1n) is 11.7. The van der Waals surface area contributed by atoms with Crippen LogP contribution in [0.3, 0.4) is 0 Å². The molecule has 0 radical (unpaired) electrons. The number of carbonyl (C=O) groups excluding carboxylic acids is 1. The van der Waals surface area contributed by atoms with E-state index in [1.54, 1.807) is 12.1 Å². The molecule has 1 saturated heterocycles. The predicted octanol–water partition coefficient (Wildman–Crippen LogP) is 3.94. The van der Waals surface area contributed by atoms with Crippen LogP contribution in [0.1, 0.15) is 12.8 Å². The van der Waals surface area contributed by atoms with Crippen molar-refractivity contribution in [3.05, 3.63) is 72.8 Å². The monoisotopic (exact) mass is 539 g/mol. The molecule has 1 fully saturated rings. The van der Waals surface area contributed by atoms with Crippen LogP contribution >= 0.6 is 0 Å². The summed E-state index contributed by atoms with van der Waals surface area (Å²) in [6.45, 7) is 0.334. The Morgan fingerprint density at radius 2 is 1.59 bits per heavy atom. The van der Waals surface area contributed by atoms with Gasteiger partial charge in [0.05, 0.1) is 9.79 Å². The van der Waals surface area contributed by atoms with Gasteiger partial charge in [-0.3, -0.25) is 4.79 Å². The first kappa shape index (κ1) is 25.1. The molecule has 0 spiro atoms. The molecule has 0 saturated carbocycles. The molecule has 1 aliphatic heterocycles. The Hall–Kier alpha value is -3.54. The number of sulfone groups is 1. The Morgan fingerprint density at radius 3 is 2.27 bits per heavy atom. The molecule has 1 aromatic heterocycles. The van der Waals surface area contributed by atoms with Crippen LogP contribution in [0, 0.1) is 5.92 Å². The SMILES string of the molecule is CS(=O)(=O)c1cccc(S(=O)(=O)N2CCC(C(=O)Nc3ccc(-c4nc5ccccc5o4)cc3)CC2)c1. The fraction of sp³-hybridized carbons (Fsp3) is 0.231. The number of amides is 1. The molecule has 9 nitrogen and oxygen atoms in total. The standard InChI is InChI=1S/C26H25N3O6S2/c1-36(31,32)21-5-4-6-22(17-21)37(33,34)29-15-13-18(14-16-29)25(30)27-20-11-9-19(10-12-20)26-28-23-7-2-3-8-24(23)35-26/h2-12,17-18H,13-16H2,1H3,(H,27,30). The maximum atomic E-state index is 13.1. The highest BCUT2D eigenvalue weighted by Gasteiger charge is 2.32. The van der Waals surface area contributed by atoms with E-state index in [2.05, 4.69) is 10.3 Å². The van der Waals surface area contributed by atoms with Crippen molar-refractivity contribution in [2.45, 2.75) is 22.6 Å². The molecule has 5 rings (SSSR count). The third-order valence-electron chi connectivity index (χ3n) is 6.39. The van der Waals surface area contributed by atoms with Gasteiger partial charge in [0.25, 0.3) is 0 Å². The lowest BCUT2D eigenvalue weighted by molar-refractivity contribution is -0.120. The summed E-state index contributed by atoms with van der Waals surface area (Å²) in [5.41, 5.74) is 2.88. The lowest BCUT2D eigenvalue weighted by atomic mass is 9.97. The number of fused-ring (bicyclic) bond motifs is 1. The van der Waals surface area contributed by atoms with Gasteiger partial charge in [0.1, 0.15) is 5.52 Å². The number of hydrogen-bond donors (Lipinski definition) is 1. The van der Waals surface area contributed by atoms with Crippen LogP contribution in [0.5, 0.6) is 0 Å². The van der Waals surface area contributed by atoms with Gasteiger partial charge in [0, 0.05) is 36.5 Å². The fourth-order valence-electron chi connectivity index (χ4n) is 4.31. The van der Waals surface area contributed by atoms with Crippen LogP contribution in [0.25, 0.3) is 22.6 Å². The van der Waals surface area contributed by atoms with Gasteiger partial charge >= 0.3 is 0 Å². The molecule has 11 heteroatoms. The molecule has 2 heterocycles. The minimum absolute atomic E-state index is 0.0510. The topological polar surface area (TPSA) is 127 Å². The highest BCUT2D eigenvalue weighted by atomic mass is 32.2. The van der Waals surface area contributed by atoms with E-state index in [-0.39, 0.29) is 34.7 Å². The summed E-state index contributed by atoms with van der Waals surface area (Å²) >= 11 is 0. The summed E-state index contributed by atoms with van der Waals surface area (Å²) in [6, 6.07) is 20.0. The van der Waals surface area contributed by atoms with Crippen molar-refractivity contribution >= 4 is 42.6 Å². The van der Waals surface area contributed by atoms with E-state index < -0.39 is 19.9 Å². The Bertz CT molecular complexity index is 1640. The number of oxazole rings is 1. The maximum absolute atomic E-state index is 13.1. The van der Waals surface area contributed by atoms with Crippen LogP contribution in [0.4, 0.5) is 5.69 Å². The molecule has 1 amide bonds. The van der Waals surface area contributed by atoms with Crippen molar-refractivity contribution in [1.82, 2.24) is 9.29 Å². The first-order valence-corrected chi connectivity index (χ1v) is 15.0. The summed E-state index contributed by atoms with van der Waals surface area (Å²) in [4.78, 5) is 17.2. The normalized spacial score (nSPS) is 15.6. The predicted molar refractivity (Wildman–Crippen MR) is 139 cm³/mol. The summed E-state index contributed by atoms with van der Waals surface area (Å²) < 4.78 is 56.8.